The summed E-state index contributed by atoms with van der Waals surface area (Å²) in [4.78, 5) is 1.99. The van der Waals surface area contributed by atoms with E-state index >= 15 is 0 Å². The predicted molar refractivity (Wildman–Crippen MR) is 82.1 cm³/mol. The van der Waals surface area contributed by atoms with Crippen molar-refractivity contribution in [2.24, 2.45) is 0 Å². The fourth-order valence-corrected chi connectivity index (χ4v) is 3.71. The van der Waals surface area contributed by atoms with Crippen LogP contribution in [-0.2, 0) is 0 Å². The molecule has 4 rings (SSSR count). The summed E-state index contributed by atoms with van der Waals surface area (Å²) in [5.41, 5.74) is 2.24. The number of aryl methyl sites for hydroxylation is 1. The van der Waals surface area contributed by atoms with Crippen LogP contribution in [0.5, 0.6) is 0 Å². The van der Waals surface area contributed by atoms with E-state index in [1.807, 2.05) is 22.7 Å². The molecule has 4 aromatic rings. The minimum Gasteiger partial charge on any atom is -0.182 e. The second-order valence-electron chi connectivity index (χ2n) is 4.47. The predicted octanol–water partition coefficient (Wildman–Crippen LogP) is 3.89. The van der Waals surface area contributed by atoms with Crippen molar-refractivity contribution < 1.29 is 0 Å². The normalized spacial score (nSPS) is 11.2. The van der Waals surface area contributed by atoms with Gasteiger partial charge in [0.1, 0.15) is 0 Å². The smallest absolute Gasteiger partial charge is 0.182 e. The quantitative estimate of drug-likeness (QED) is 0.564. The first kappa shape index (κ1) is 11.7. The van der Waals surface area contributed by atoms with Gasteiger partial charge in [-0.05, 0) is 24.4 Å². The van der Waals surface area contributed by atoms with Crippen LogP contribution >= 0.6 is 22.7 Å². The Bertz CT molecular complexity index is 874. The third-order valence-corrected chi connectivity index (χ3v) is 4.94. The van der Waals surface area contributed by atoms with E-state index in [0.717, 1.165) is 26.2 Å². The average Bonchev–Trinajstić information content (AvgIpc) is 3.14. The van der Waals surface area contributed by atoms with Gasteiger partial charge in [0.2, 0.25) is 4.96 Å². The second-order valence-corrected chi connectivity index (χ2v) is 6.38. The molecule has 0 saturated heterocycles. The van der Waals surface area contributed by atoms with Crippen molar-refractivity contribution in [2.75, 3.05) is 0 Å². The molecule has 6 heteroatoms. The van der Waals surface area contributed by atoms with Crippen LogP contribution in [0.1, 0.15) is 5.56 Å². The lowest BCUT2D eigenvalue weighted by atomic mass is 10.1. The molecule has 0 bridgehead atoms. The zero-order valence-corrected chi connectivity index (χ0v) is 12.3. The number of benzene rings is 1. The number of hydrogen-bond donors (Lipinski definition) is 0. The van der Waals surface area contributed by atoms with Gasteiger partial charge in [-0.2, -0.15) is 9.61 Å². The molecule has 98 valence electrons. The summed E-state index contributed by atoms with van der Waals surface area (Å²) in [6.07, 6.45) is 0. The third kappa shape index (κ3) is 1.85. The molecule has 0 amide bonds. The van der Waals surface area contributed by atoms with Crippen molar-refractivity contribution in [3.63, 3.8) is 0 Å². The van der Waals surface area contributed by atoms with Crippen LogP contribution in [0, 0.1) is 6.92 Å². The zero-order valence-electron chi connectivity index (χ0n) is 10.6. The Hall–Kier alpha value is -2.05. The molecule has 1 aromatic carbocycles. The lowest BCUT2D eigenvalue weighted by Crippen LogP contribution is -1.90. The summed E-state index contributed by atoms with van der Waals surface area (Å²) in [5.74, 6) is 0.794. The summed E-state index contributed by atoms with van der Waals surface area (Å²) in [7, 11) is 0. The lowest BCUT2D eigenvalue weighted by molar-refractivity contribution is 0.971. The number of fused-ring (bicyclic) bond motifs is 1. The van der Waals surface area contributed by atoms with E-state index in [4.69, 9.17) is 0 Å². The molecule has 0 saturated carbocycles. The van der Waals surface area contributed by atoms with Gasteiger partial charge in [0, 0.05) is 5.56 Å². The Morgan fingerprint density at radius 2 is 2.05 bits per heavy atom. The molecule has 3 aromatic heterocycles. The number of hydrogen-bond acceptors (Lipinski definition) is 5. The first-order chi connectivity index (χ1) is 9.81. The van der Waals surface area contributed by atoms with Crippen LogP contribution in [0.25, 0.3) is 26.2 Å². The highest BCUT2D eigenvalue weighted by molar-refractivity contribution is 7.23. The van der Waals surface area contributed by atoms with Gasteiger partial charge in [-0.1, -0.05) is 41.2 Å². The molecular weight excluding hydrogens is 288 g/mol. The minimum atomic E-state index is 0.794. The van der Waals surface area contributed by atoms with E-state index in [-0.39, 0.29) is 0 Å². The van der Waals surface area contributed by atoms with Crippen molar-refractivity contribution in [3.8, 4) is 21.3 Å². The van der Waals surface area contributed by atoms with Gasteiger partial charge >= 0.3 is 0 Å². The molecule has 0 spiro atoms. The Morgan fingerprint density at radius 3 is 2.85 bits per heavy atom. The van der Waals surface area contributed by atoms with Crippen LogP contribution in [-0.4, -0.2) is 19.8 Å². The molecule has 0 radical (unpaired) electrons. The first-order valence-electron chi connectivity index (χ1n) is 6.14. The highest BCUT2D eigenvalue weighted by atomic mass is 32.1. The van der Waals surface area contributed by atoms with Crippen LogP contribution in [0.2, 0.25) is 0 Å². The number of nitrogens with zero attached hydrogens (tertiary/aromatic N) is 4. The minimum absolute atomic E-state index is 0.794. The van der Waals surface area contributed by atoms with Crippen molar-refractivity contribution in [1.82, 2.24) is 19.8 Å². The van der Waals surface area contributed by atoms with E-state index in [2.05, 4.69) is 45.8 Å². The van der Waals surface area contributed by atoms with Gasteiger partial charge < -0.3 is 0 Å². The second kappa shape index (κ2) is 4.50. The standard InChI is InChI=1S/C14H10N4S2/c1-9-4-2-5-10(8-9)12-15-16-14-18(12)17-13(20-14)11-6-3-7-19-11/h2-8H,1H3. The van der Waals surface area contributed by atoms with Gasteiger partial charge in [0.05, 0.1) is 4.88 Å². The van der Waals surface area contributed by atoms with E-state index < -0.39 is 0 Å². The highest BCUT2D eigenvalue weighted by Gasteiger charge is 2.14. The summed E-state index contributed by atoms with van der Waals surface area (Å²) in [5, 5.41) is 16.2. The molecule has 0 aliphatic carbocycles. The maximum absolute atomic E-state index is 4.64. The van der Waals surface area contributed by atoms with Gasteiger partial charge in [-0.3, -0.25) is 0 Å². The molecule has 0 atom stereocenters. The first-order valence-corrected chi connectivity index (χ1v) is 7.84. The van der Waals surface area contributed by atoms with Gasteiger partial charge in [-0.15, -0.1) is 21.5 Å². The molecule has 0 fully saturated rings. The van der Waals surface area contributed by atoms with Crippen LogP contribution in [0.3, 0.4) is 0 Å². The molecule has 4 nitrogen and oxygen atoms in total. The molecule has 0 unspecified atom stereocenters. The maximum Gasteiger partial charge on any atom is 0.235 e. The molecule has 3 heterocycles. The summed E-state index contributed by atoms with van der Waals surface area (Å²) in [6.45, 7) is 2.07. The lowest BCUT2D eigenvalue weighted by Gasteiger charge is -1.98. The molecule has 0 aliphatic rings. The molecule has 20 heavy (non-hydrogen) atoms. The van der Waals surface area contributed by atoms with Crippen molar-refractivity contribution in [3.05, 3.63) is 47.3 Å². The van der Waals surface area contributed by atoms with Crippen molar-refractivity contribution >= 4 is 27.6 Å². The number of thiophene rings is 1. The fourth-order valence-electron chi connectivity index (χ4n) is 2.08. The monoisotopic (exact) mass is 298 g/mol. The van der Waals surface area contributed by atoms with E-state index in [9.17, 15) is 0 Å². The average molecular weight is 298 g/mol. The number of aromatic nitrogens is 4. The third-order valence-electron chi connectivity index (χ3n) is 3.00. The van der Waals surface area contributed by atoms with Gasteiger partial charge in [0.15, 0.2) is 10.8 Å². The van der Waals surface area contributed by atoms with Crippen molar-refractivity contribution in [1.29, 1.82) is 0 Å². The van der Waals surface area contributed by atoms with Crippen LogP contribution in [0.15, 0.2) is 41.8 Å². The van der Waals surface area contributed by atoms with E-state index in [0.29, 0.717) is 0 Å². The van der Waals surface area contributed by atoms with Crippen molar-refractivity contribution in [2.45, 2.75) is 6.92 Å². The Kier molecular flexibility index (Phi) is 2.64. The van der Waals surface area contributed by atoms with Crippen LogP contribution < -0.4 is 0 Å². The summed E-state index contributed by atoms with van der Waals surface area (Å²) < 4.78 is 1.83. The SMILES string of the molecule is Cc1cccc(-c2nnc3sc(-c4cccs4)nn23)c1. The summed E-state index contributed by atoms with van der Waals surface area (Å²) >= 11 is 3.25. The van der Waals surface area contributed by atoms with Gasteiger partial charge in [0.25, 0.3) is 0 Å². The summed E-state index contributed by atoms with van der Waals surface area (Å²) in [6, 6.07) is 12.3. The van der Waals surface area contributed by atoms with E-state index in [1.165, 1.54) is 5.56 Å². The maximum atomic E-state index is 4.64. The topological polar surface area (TPSA) is 43.1 Å². The Labute approximate surface area is 123 Å². The molecule has 0 aliphatic heterocycles. The largest absolute Gasteiger partial charge is 0.235 e. The molecular formula is C14H10N4S2. The Balaban J connectivity index is 1.89. The fraction of sp³-hybridized carbons (Fsp3) is 0.0714. The highest BCUT2D eigenvalue weighted by Crippen LogP contribution is 2.30. The van der Waals surface area contributed by atoms with E-state index in [1.54, 1.807) is 22.7 Å². The molecule has 0 N–H and O–H groups in total. The Morgan fingerprint density at radius 1 is 1.10 bits per heavy atom. The van der Waals surface area contributed by atoms with Gasteiger partial charge in [-0.25, -0.2) is 0 Å². The number of rotatable bonds is 2. The zero-order chi connectivity index (χ0) is 13.5. The van der Waals surface area contributed by atoms with Crippen LogP contribution in [0.4, 0.5) is 0 Å².